The smallest absolute Gasteiger partial charge is 0.267 e. The summed E-state index contributed by atoms with van der Waals surface area (Å²) < 4.78 is 1.43. The Morgan fingerprint density at radius 1 is 1.17 bits per heavy atom. The third-order valence-electron chi connectivity index (χ3n) is 4.57. The minimum atomic E-state index is -0.548. The molecule has 1 atom stereocenters. The zero-order valence-corrected chi connectivity index (χ0v) is 17.5. The molecule has 4 aromatic rings. The first kappa shape index (κ1) is 19.9. The molecule has 30 heavy (non-hydrogen) atoms. The molecule has 1 aromatic carbocycles. The third kappa shape index (κ3) is 3.29. The number of nitrogen functional groups attached to an aromatic ring is 2. The predicted octanol–water partition coefficient (Wildman–Crippen LogP) is 2.85. The van der Waals surface area contributed by atoms with Gasteiger partial charge in [0.25, 0.3) is 5.56 Å². The normalized spacial score (nSPS) is 12.3. The number of fused-ring (bicyclic) bond motifs is 1. The van der Waals surface area contributed by atoms with E-state index in [1.54, 1.807) is 31.3 Å². The van der Waals surface area contributed by atoms with Crippen molar-refractivity contribution in [3.05, 3.63) is 56.2 Å². The molecule has 0 fully saturated rings. The standard InChI is InChI=1S/C18H17Cl2N9O/c1-7-3-4-9(19)13-11(7)17(30)29(10-5-6-23-28-10)16(25-13)8(2)24-15-12(20)14(21)26-18(22)27-15/h3-6,8H,1-2H3,(H,23,28)(H5,21,22,24,26,27). The van der Waals surface area contributed by atoms with E-state index < -0.39 is 6.04 Å². The molecule has 0 spiro atoms. The largest absolute Gasteiger partial charge is 0.382 e. The Kier molecular flexibility index (Phi) is 4.96. The van der Waals surface area contributed by atoms with Gasteiger partial charge in [-0.2, -0.15) is 15.1 Å². The quantitative estimate of drug-likeness (QED) is 0.373. The molecule has 3 aromatic heterocycles. The molecule has 4 rings (SSSR count). The number of benzene rings is 1. The van der Waals surface area contributed by atoms with Crippen molar-refractivity contribution < 1.29 is 0 Å². The first-order valence-electron chi connectivity index (χ1n) is 8.84. The maximum Gasteiger partial charge on any atom is 0.267 e. The summed E-state index contributed by atoms with van der Waals surface area (Å²) in [6.07, 6.45) is 1.54. The summed E-state index contributed by atoms with van der Waals surface area (Å²) in [7, 11) is 0. The lowest BCUT2D eigenvalue weighted by atomic mass is 10.1. The van der Waals surface area contributed by atoms with Crippen molar-refractivity contribution in [1.82, 2.24) is 29.7 Å². The highest BCUT2D eigenvalue weighted by atomic mass is 35.5. The summed E-state index contributed by atoms with van der Waals surface area (Å²) in [5.74, 6) is 1.02. The van der Waals surface area contributed by atoms with Gasteiger partial charge >= 0.3 is 0 Å². The van der Waals surface area contributed by atoms with Gasteiger partial charge in [-0.15, -0.1) is 0 Å². The number of aryl methyl sites for hydroxylation is 1. The average molecular weight is 446 g/mol. The number of halogens is 2. The van der Waals surface area contributed by atoms with Crippen LogP contribution in [0.4, 0.5) is 17.6 Å². The van der Waals surface area contributed by atoms with Crippen molar-refractivity contribution in [2.45, 2.75) is 19.9 Å². The van der Waals surface area contributed by atoms with Gasteiger partial charge in [0.15, 0.2) is 5.82 Å². The summed E-state index contributed by atoms with van der Waals surface area (Å²) in [6, 6.07) is 4.60. The van der Waals surface area contributed by atoms with Gasteiger partial charge in [-0.1, -0.05) is 29.3 Å². The van der Waals surface area contributed by atoms with Crippen LogP contribution >= 0.6 is 23.2 Å². The Bertz CT molecular complexity index is 1320. The van der Waals surface area contributed by atoms with E-state index in [-0.39, 0.29) is 28.2 Å². The summed E-state index contributed by atoms with van der Waals surface area (Å²) in [6.45, 7) is 3.61. The van der Waals surface area contributed by atoms with Crippen LogP contribution in [-0.4, -0.2) is 29.7 Å². The van der Waals surface area contributed by atoms with Crippen molar-refractivity contribution in [3.63, 3.8) is 0 Å². The van der Waals surface area contributed by atoms with Gasteiger partial charge in [0.05, 0.1) is 28.2 Å². The van der Waals surface area contributed by atoms with Gasteiger partial charge in [-0.25, -0.2) is 9.55 Å². The minimum Gasteiger partial charge on any atom is -0.382 e. The summed E-state index contributed by atoms with van der Waals surface area (Å²) in [5.41, 5.74) is 12.3. The van der Waals surface area contributed by atoms with Crippen LogP contribution in [0.1, 0.15) is 24.4 Å². The van der Waals surface area contributed by atoms with E-state index in [1.165, 1.54) is 4.57 Å². The maximum absolute atomic E-state index is 13.4. The van der Waals surface area contributed by atoms with Gasteiger partial charge in [0.2, 0.25) is 5.95 Å². The average Bonchev–Trinajstić information content (AvgIpc) is 3.22. The molecule has 0 aliphatic heterocycles. The van der Waals surface area contributed by atoms with E-state index >= 15 is 0 Å². The molecular formula is C18H17Cl2N9O. The maximum atomic E-state index is 13.4. The molecule has 6 N–H and O–H groups in total. The van der Waals surface area contributed by atoms with Gasteiger partial charge in [0.1, 0.15) is 22.5 Å². The number of nitrogens with one attached hydrogen (secondary N) is 2. The Hall–Kier alpha value is -3.37. The number of aromatic amines is 1. The molecule has 1 unspecified atom stereocenters. The van der Waals surface area contributed by atoms with Crippen LogP contribution < -0.4 is 22.3 Å². The van der Waals surface area contributed by atoms with Gasteiger partial charge in [0, 0.05) is 6.07 Å². The summed E-state index contributed by atoms with van der Waals surface area (Å²) in [4.78, 5) is 26.1. The lowest BCUT2D eigenvalue weighted by Gasteiger charge is -2.20. The first-order chi connectivity index (χ1) is 14.3. The highest BCUT2D eigenvalue weighted by Crippen LogP contribution is 2.30. The van der Waals surface area contributed by atoms with Crippen molar-refractivity contribution >= 4 is 51.7 Å². The monoisotopic (exact) mass is 445 g/mol. The molecule has 0 radical (unpaired) electrons. The van der Waals surface area contributed by atoms with Gasteiger partial charge in [-0.3, -0.25) is 9.89 Å². The van der Waals surface area contributed by atoms with Crippen LogP contribution in [0.2, 0.25) is 10.0 Å². The topological polar surface area (TPSA) is 153 Å². The lowest BCUT2D eigenvalue weighted by molar-refractivity contribution is 0.719. The molecule has 0 saturated heterocycles. The van der Waals surface area contributed by atoms with Crippen LogP contribution in [0.3, 0.4) is 0 Å². The van der Waals surface area contributed by atoms with Gasteiger partial charge in [-0.05, 0) is 25.5 Å². The number of nitrogens with two attached hydrogens (primary N) is 2. The van der Waals surface area contributed by atoms with Crippen molar-refractivity contribution in [2.75, 3.05) is 16.8 Å². The number of aromatic nitrogens is 6. The number of anilines is 3. The predicted molar refractivity (Wildman–Crippen MR) is 117 cm³/mol. The third-order valence-corrected chi connectivity index (χ3v) is 5.25. The Morgan fingerprint density at radius 2 is 1.93 bits per heavy atom. The zero-order valence-electron chi connectivity index (χ0n) is 15.9. The van der Waals surface area contributed by atoms with Crippen molar-refractivity contribution in [3.8, 4) is 5.82 Å². The van der Waals surface area contributed by atoms with E-state index in [4.69, 9.17) is 39.7 Å². The number of nitrogens with zero attached hydrogens (tertiary/aromatic N) is 5. The molecule has 154 valence electrons. The van der Waals surface area contributed by atoms with Crippen LogP contribution in [0.5, 0.6) is 0 Å². The fourth-order valence-corrected chi connectivity index (χ4v) is 3.51. The second-order valence-electron chi connectivity index (χ2n) is 6.64. The molecule has 0 saturated carbocycles. The Balaban J connectivity index is 1.95. The van der Waals surface area contributed by atoms with Crippen LogP contribution in [0.15, 0.2) is 29.2 Å². The molecular weight excluding hydrogens is 429 g/mol. The van der Waals surface area contributed by atoms with E-state index in [1.807, 2.05) is 6.92 Å². The molecule has 3 heterocycles. The number of rotatable bonds is 4. The van der Waals surface area contributed by atoms with E-state index in [2.05, 4.69) is 25.5 Å². The lowest BCUT2D eigenvalue weighted by Crippen LogP contribution is -2.28. The highest BCUT2D eigenvalue weighted by molar-refractivity contribution is 6.35. The fourth-order valence-electron chi connectivity index (χ4n) is 3.17. The van der Waals surface area contributed by atoms with Crippen molar-refractivity contribution in [1.29, 1.82) is 0 Å². The summed E-state index contributed by atoms with van der Waals surface area (Å²) >= 11 is 12.6. The summed E-state index contributed by atoms with van der Waals surface area (Å²) in [5, 5.41) is 10.7. The Labute approximate surface area is 180 Å². The first-order valence-corrected chi connectivity index (χ1v) is 9.60. The molecule has 10 nitrogen and oxygen atoms in total. The molecule has 0 amide bonds. The molecule has 0 aliphatic carbocycles. The fraction of sp³-hybridized carbons (Fsp3) is 0.167. The Morgan fingerprint density at radius 3 is 2.63 bits per heavy atom. The van der Waals surface area contributed by atoms with Crippen LogP contribution in [0, 0.1) is 6.92 Å². The molecule has 12 heteroatoms. The number of hydrogen-bond acceptors (Lipinski definition) is 8. The zero-order chi connectivity index (χ0) is 21.6. The molecule has 0 aliphatic rings. The highest BCUT2D eigenvalue weighted by Gasteiger charge is 2.22. The second-order valence-corrected chi connectivity index (χ2v) is 7.42. The van der Waals surface area contributed by atoms with E-state index in [0.29, 0.717) is 27.6 Å². The molecule has 0 bridgehead atoms. The van der Waals surface area contributed by atoms with Crippen LogP contribution in [0.25, 0.3) is 16.7 Å². The SMILES string of the molecule is Cc1ccc(Cl)c2nc(C(C)Nc3nc(N)nc(N)c3Cl)n(-c3ccn[nH]3)c(=O)c12. The minimum absolute atomic E-state index is 0.0370. The number of hydrogen-bond donors (Lipinski definition) is 4. The number of H-pyrrole nitrogens is 1. The van der Waals surface area contributed by atoms with Crippen LogP contribution in [-0.2, 0) is 0 Å². The van der Waals surface area contributed by atoms with Gasteiger partial charge < -0.3 is 16.8 Å². The second kappa shape index (κ2) is 7.47. The van der Waals surface area contributed by atoms with Crippen molar-refractivity contribution in [2.24, 2.45) is 0 Å². The van der Waals surface area contributed by atoms with E-state index in [9.17, 15) is 4.79 Å². The van der Waals surface area contributed by atoms with E-state index in [0.717, 1.165) is 5.56 Å².